The Bertz CT molecular complexity index is 1330. The largest absolute Gasteiger partial charge is 0.496 e. The molecular formula is C25H25N5O3. The monoisotopic (exact) mass is 443 g/mol. The zero-order chi connectivity index (χ0) is 23.3. The smallest absolute Gasteiger partial charge is 0.277 e. The molecule has 1 N–H and O–H groups in total. The minimum Gasteiger partial charge on any atom is -0.496 e. The van der Waals surface area contributed by atoms with Crippen molar-refractivity contribution in [1.29, 1.82) is 0 Å². The highest BCUT2D eigenvalue weighted by Crippen LogP contribution is 2.47. The summed E-state index contributed by atoms with van der Waals surface area (Å²) in [4.78, 5) is 19.7. The number of aromatic amines is 1. The summed E-state index contributed by atoms with van der Waals surface area (Å²) >= 11 is 0. The number of carbonyl (C=O) groups is 1. The number of nitrogens with one attached hydrogen (secondary N) is 1. The van der Waals surface area contributed by atoms with E-state index < -0.39 is 0 Å². The van der Waals surface area contributed by atoms with Crippen molar-refractivity contribution in [3.63, 3.8) is 0 Å². The number of nitrogens with zero attached hydrogens (tertiary/aromatic N) is 4. The van der Waals surface area contributed by atoms with Gasteiger partial charge in [0, 0.05) is 34.7 Å². The molecule has 0 bridgehead atoms. The van der Waals surface area contributed by atoms with Crippen LogP contribution in [0.15, 0.2) is 53.1 Å². The summed E-state index contributed by atoms with van der Waals surface area (Å²) in [5, 5.41) is 11.5. The van der Waals surface area contributed by atoms with Crippen molar-refractivity contribution in [3.8, 4) is 17.1 Å². The van der Waals surface area contributed by atoms with Crippen LogP contribution in [0.5, 0.6) is 5.75 Å². The zero-order valence-corrected chi connectivity index (χ0v) is 19.2. The van der Waals surface area contributed by atoms with E-state index in [9.17, 15) is 4.79 Å². The Kier molecular flexibility index (Phi) is 4.81. The van der Waals surface area contributed by atoms with Crippen molar-refractivity contribution in [3.05, 3.63) is 76.9 Å². The number of hydrogen-bond donors (Lipinski definition) is 1. The van der Waals surface area contributed by atoms with Crippen LogP contribution in [-0.2, 0) is 5.41 Å². The van der Waals surface area contributed by atoms with Crippen molar-refractivity contribution in [1.82, 2.24) is 20.3 Å². The average Bonchev–Trinajstić information content (AvgIpc) is 3.49. The van der Waals surface area contributed by atoms with E-state index in [0.29, 0.717) is 23.2 Å². The normalized spacial score (nSPS) is 15.7. The highest BCUT2D eigenvalue weighted by molar-refractivity contribution is 6.11. The van der Waals surface area contributed by atoms with Gasteiger partial charge in [-0.05, 0) is 30.3 Å². The number of ether oxygens (including phenoxy) is 1. The van der Waals surface area contributed by atoms with Crippen molar-refractivity contribution < 1.29 is 14.1 Å². The molecule has 2 aromatic heterocycles. The first-order valence-corrected chi connectivity index (χ1v) is 10.8. The summed E-state index contributed by atoms with van der Waals surface area (Å²) in [6.07, 6.45) is 0. The topological polar surface area (TPSA) is 97.1 Å². The molecule has 2 aromatic carbocycles. The number of hydrogen-bond acceptors (Lipinski definition) is 6. The summed E-state index contributed by atoms with van der Waals surface area (Å²) in [6.45, 7) is 8.03. The highest BCUT2D eigenvalue weighted by atomic mass is 16.5. The summed E-state index contributed by atoms with van der Waals surface area (Å²) < 4.78 is 10.8. The fraction of sp³-hybridized carbons (Fsp3) is 0.280. The second-order valence-corrected chi connectivity index (χ2v) is 9.11. The number of para-hydroxylation sites is 1. The van der Waals surface area contributed by atoms with E-state index in [-0.39, 0.29) is 17.4 Å². The number of H-pyrrole nitrogens is 1. The van der Waals surface area contributed by atoms with Crippen LogP contribution in [-0.4, -0.2) is 33.4 Å². The van der Waals surface area contributed by atoms with Gasteiger partial charge in [0.05, 0.1) is 18.8 Å². The van der Waals surface area contributed by atoms with E-state index in [0.717, 1.165) is 28.1 Å². The van der Waals surface area contributed by atoms with Gasteiger partial charge in [-0.3, -0.25) is 14.8 Å². The van der Waals surface area contributed by atoms with Crippen LogP contribution < -0.4 is 9.64 Å². The number of aryl methyl sites for hydroxylation is 1. The molecule has 0 saturated carbocycles. The van der Waals surface area contributed by atoms with Gasteiger partial charge in [0.1, 0.15) is 11.4 Å². The van der Waals surface area contributed by atoms with E-state index in [1.165, 1.54) is 0 Å². The predicted octanol–water partition coefficient (Wildman–Crippen LogP) is 4.82. The first-order valence-electron chi connectivity index (χ1n) is 10.8. The van der Waals surface area contributed by atoms with Gasteiger partial charge in [0.2, 0.25) is 11.7 Å². The van der Waals surface area contributed by atoms with Crippen LogP contribution in [0.1, 0.15) is 60.0 Å². The molecule has 8 heteroatoms. The quantitative estimate of drug-likeness (QED) is 0.485. The van der Waals surface area contributed by atoms with Crippen LogP contribution in [0, 0.1) is 6.92 Å². The highest BCUT2D eigenvalue weighted by Gasteiger charge is 2.45. The van der Waals surface area contributed by atoms with E-state index in [1.807, 2.05) is 48.5 Å². The molecule has 0 fully saturated rings. The molecule has 0 spiro atoms. The zero-order valence-electron chi connectivity index (χ0n) is 19.2. The van der Waals surface area contributed by atoms with Gasteiger partial charge in [0.25, 0.3) is 5.91 Å². The molecule has 5 rings (SSSR count). The molecule has 0 radical (unpaired) electrons. The standard InChI is InChI=1S/C25H25N5O3/c1-14-26-23(29-33-14)15-10-12-16(13-11-15)30-21(17-8-6-7-9-18(17)32-5)19-20(24(30)31)27-28-22(19)25(2,3)4/h6-13,21H,1-5H3,(H,27,28). The lowest BCUT2D eigenvalue weighted by atomic mass is 9.85. The van der Waals surface area contributed by atoms with Crippen LogP contribution >= 0.6 is 0 Å². The van der Waals surface area contributed by atoms with Crippen molar-refractivity contribution in [2.24, 2.45) is 0 Å². The molecule has 1 amide bonds. The van der Waals surface area contributed by atoms with Crippen LogP contribution in [0.2, 0.25) is 0 Å². The molecule has 1 atom stereocenters. The Morgan fingerprint density at radius 1 is 1.09 bits per heavy atom. The molecule has 168 valence electrons. The molecule has 4 aromatic rings. The Labute approximate surface area is 191 Å². The summed E-state index contributed by atoms with van der Waals surface area (Å²) in [5.41, 5.74) is 4.47. The van der Waals surface area contributed by atoms with Gasteiger partial charge < -0.3 is 9.26 Å². The van der Waals surface area contributed by atoms with Gasteiger partial charge in [-0.15, -0.1) is 0 Å². The fourth-order valence-electron chi connectivity index (χ4n) is 4.36. The molecule has 0 aliphatic carbocycles. The summed E-state index contributed by atoms with van der Waals surface area (Å²) in [7, 11) is 1.64. The number of benzene rings is 2. The van der Waals surface area contributed by atoms with Gasteiger partial charge in [-0.2, -0.15) is 10.1 Å². The molecule has 8 nitrogen and oxygen atoms in total. The maximum Gasteiger partial charge on any atom is 0.277 e. The average molecular weight is 444 g/mol. The first kappa shape index (κ1) is 20.9. The third kappa shape index (κ3) is 3.38. The number of fused-ring (bicyclic) bond motifs is 1. The lowest BCUT2D eigenvalue weighted by molar-refractivity contribution is 0.0988. The van der Waals surface area contributed by atoms with E-state index >= 15 is 0 Å². The molecule has 1 aliphatic heterocycles. The van der Waals surface area contributed by atoms with E-state index in [2.05, 4.69) is 41.1 Å². The van der Waals surface area contributed by atoms with Crippen molar-refractivity contribution in [2.45, 2.75) is 39.2 Å². The van der Waals surface area contributed by atoms with Crippen LogP contribution in [0.25, 0.3) is 11.4 Å². The number of anilines is 1. The number of amides is 1. The van der Waals surface area contributed by atoms with Crippen molar-refractivity contribution >= 4 is 11.6 Å². The summed E-state index contributed by atoms with van der Waals surface area (Å²) in [6, 6.07) is 15.0. The third-order valence-corrected chi connectivity index (χ3v) is 5.84. The fourth-order valence-corrected chi connectivity index (χ4v) is 4.36. The first-order chi connectivity index (χ1) is 15.8. The Balaban J connectivity index is 1.66. The molecular weight excluding hydrogens is 418 g/mol. The molecule has 3 heterocycles. The van der Waals surface area contributed by atoms with Gasteiger partial charge >= 0.3 is 0 Å². The Morgan fingerprint density at radius 2 is 1.82 bits per heavy atom. The number of carbonyl (C=O) groups excluding carboxylic acids is 1. The number of aromatic nitrogens is 4. The molecule has 1 unspecified atom stereocenters. The molecule has 1 aliphatic rings. The van der Waals surface area contributed by atoms with E-state index in [4.69, 9.17) is 9.26 Å². The maximum absolute atomic E-state index is 13.7. The third-order valence-electron chi connectivity index (χ3n) is 5.84. The lowest BCUT2D eigenvalue weighted by Gasteiger charge is -2.29. The lowest BCUT2D eigenvalue weighted by Crippen LogP contribution is -2.30. The number of methoxy groups -OCH3 is 1. The number of rotatable bonds is 4. The minimum atomic E-state index is -0.380. The minimum absolute atomic E-state index is 0.132. The van der Waals surface area contributed by atoms with Crippen LogP contribution in [0.3, 0.4) is 0 Å². The second-order valence-electron chi connectivity index (χ2n) is 9.11. The molecule has 0 saturated heterocycles. The van der Waals surface area contributed by atoms with Gasteiger partial charge in [-0.1, -0.05) is 44.1 Å². The Morgan fingerprint density at radius 3 is 2.45 bits per heavy atom. The summed E-state index contributed by atoms with van der Waals surface area (Å²) in [5.74, 6) is 1.60. The Hall–Kier alpha value is -3.94. The predicted molar refractivity (Wildman–Crippen MR) is 123 cm³/mol. The van der Waals surface area contributed by atoms with Crippen molar-refractivity contribution in [2.75, 3.05) is 12.0 Å². The second kappa shape index (κ2) is 7.58. The van der Waals surface area contributed by atoms with Gasteiger partial charge in [-0.25, -0.2) is 0 Å². The van der Waals surface area contributed by atoms with Gasteiger partial charge in [0.15, 0.2) is 0 Å². The maximum atomic E-state index is 13.7. The van der Waals surface area contributed by atoms with E-state index in [1.54, 1.807) is 18.9 Å². The van der Waals surface area contributed by atoms with Crippen LogP contribution in [0.4, 0.5) is 5.69 Å². The molecule has 33 heavy (non-hydrogen) atoms. The SMILES string of the molecule is COc1ccccc1C1c2c(C(C)(C)C)n[nH]c2C(=O)N1c1ccc(-c2noc(C)n2)cc1.